The normalized spacial score (nSPS) is 19.2. The van der Waals surface area contributed by atoms with Gasteiger partial charge in [0.25, 0.3) is 5.91 Å². The van der Waals surface area contributed by atoms with Crippen LogP contribution in [0, 0.1) is 5.92 Å². The van der Waals surface area contributed by atoms with Gasteiger partial charge in [-0.15, -0.1) is 11.8 Å². The third-order valence-corrected chi connectivity index (χ3v) is 7.83. The molecule has 10 nitrogen and oxygen atoms in total. The van der Waals surface area contributed by atoms with E-state index >= 15 is 0 Å². The molecule has 1 saturated heterocycles. The van der Waals surface area contributed by atoms with E-state index in [1.165, 1.54) is 16.7 Å². The van der Waals surface area contributed by atoms with Crippen LogP contribution >= 0.6 is 11.8 Å². The Kier molecular flexibility index (Phi) is 11.3. The summed E-state index contributed by atoms with van der Waals surface area (Å²) >= 11 is 1.45. The quantitative estimate of drug-likeness (QED) is 0.346. The highest BCUT2D eigenvalue weighted by atomic mass is 32.2. The van der Waals surface area contributed by atoms with Crippen LogP contribution < -0.4 is 16.0 Å². The molecule has 2 rings (SSSR count). The fourth-order valence-electron chi connectivity index (χ4n) is 4.54. The molecule has 0 aliphatic carbocycles. The molecule has 41 heavy (non-hydrogen) atoms. The van der Waals surface area contributed by atoms with Crippen LogP contribution in [0.1, 0.15) is 74.8 Å². The van der Waals surface area contributed by atoms with Crippen molar-refractivity contribution < 1.29 is 29.0 Å². The number of aliphatic hydroxyl groups is 1. The summed E-state index contributed by atoms with van der Waals surface area (Å²) < 4.78 is 4.74. The zero-order valence-corrected chi connectivity index (χ0v) is 26.8. The van der Waals surface area contributed by atoms with E-state index < -0.39 is 58.0 Å². The Labute approximate surface area is 248 Å². The molecule has 1 heterocycles. The summed E-state index contributed by atoms with van der Waals surface area (Å²) in [5, 5.41) is 19.8. The molecule has 1 aromatic carbocycles. The van der Waals surface area contributed by atoms with Crippen LogP contribution in [0.5, 0.6) is 0 Å². The molecule has 2 unspecified atom stereocenters. The number of ether oxygens (including phenoxy) is 1. The number of amides is 4. The highest BCUT2D eigenvalue weighted by molar-refractivity contribution is 8.00. The molecule has 0 saturated carbocycles. The number of alkyl carbamates (subject to hydrolysis) is 1. The number of nitrogens with one attached hydrogen (secondary N) is 3. The number of carbonyl (C=O) groups excluding carboxylic acids is 4. The summed E-state index contributed by atoms with van der Waals surface area (Å²) in [5.41, 5.74) is -0.466. The Morgan fingerprint density at radius 3 is 2.15 bits per heavy atom. The zero-order chi connectivity index (χ0) is 31.3. The van der Waals surface area contributed by atoms with Gasteiger partial charge in [-0.3, -0.25) is 14.4 Å². The lowest BCUT2D eigenvalue weighted by molar-refractivity contribution is -0.148. The largest absolute Gasteiger partial charge is 0.444 e. The number of benzene rings is 1. The highest BCUT2D eigenvalue weighted by Gasteiger charge is 2.50. The number of thioether (sulfide) groups is 1. The molecule has 4 N–H and O–H groups in total. The third kappa shape index (κ3) is 10.2. The van der Waals surface area contributed by atoms with E-state index in [1.807, 2.05) is 65.0 Å². The van der Waals surface area contributed by atoms with Crippen molar-refractivity contribution in [3.8, 4) is 0 Å². The van der Waals surface area contributed by atoms with E-state index in [0.29, 0.717) is 0 Å². The summed E-state index contributed by atoms with van der Waals surface area (Å²) in [6.45, 7) is 18.1. The summed E-state index contributed by atoms with van der Waals surface area (Å²) in [6, 6.07) is 6.36. The summed E-state index contributed by atoms with van der Waals surface area (Å²) in [5.74, 6) is -1.62. The van der Waals surface area contributed by atoms with Crippen molar-refractivity contribution in [3.05, 3.63) is 35.9 Å². The molecule has 4 amide bonds. The second kappa shape index (κ2) is 13.5. The fraction of sp³-hybridized carbons (Fsp3) is 0.667. The van der Waals surface area contributed by atoms with Crippen LogP contribution in [-0.2, 0) is 25.5 Å². The Balaban J connectivity index is 2.34. The van der Waals surface area contributed by atoms with Gasteiger partial charge in [-0.05, 0) is 73.3 Å². The molecule has 0 spiro atoms. The Morgan fingerprint density at radius 2 is 1.63 bits per heavy atom. The number of hydrogen-bond acceptors (Lipinski definition) is 7. The van der Waals surface area contributed by atoms with E-state index in [-0.39, 0.29) is 24.1 Å². The van der Waals surface area contributed by atoms with Crippen molar-refractivity contribution in [2.45, 2.75) is 116 Å². The second-order valence-electron chi connectivity index (χ2n) is 13.4. The Hall–Kier alpha value is -2.79. The predicted molar refractivity (Wildman–Crippen MR) is 161 cm³/mol. The first-order valence-corrected chi connectivity index (χ1v) is 15.0. The van der Waals surface area contributed by atoms with E-state index in [0.717, 1.165) is 5.56 Å². The van der Waals surface area contributed by atoms with E-state index in [2.05, 4.69) is 16.0 Å². The molecule has 11 heteroatoms. The first-order chi connectivity index (χ1) is 18.7. The summed E-state index contributed by atoms with van der Waals surface area (Å²) in [4.78, 5) is 54.4. The average Bonchev–Trinajstić information content (AvgIpc) is 3.14. The first-order valence-electron chi connectivity index (χ1n) is 14.0. The second-order valence-corrected chi connectivity index (χ2v) is 15.0. The van der Waals surface area contributed by atoms with E-state index in [9.17, 15) is 24.3 Å². The third-order valence-electron chi connectivity index (χ3n) is 6.46. The monoisotopic (exact) mass is 592 g/mol. The van der Waals surface area contributed by atoms with Gasteiger partial charge in [0.2, 0.25) is 11.8 Å². The van der Waals surface area contributed by atoms with Gasteiger partial charge in [-0.2, -0.15) is 0 Å². The maximum atomic E-state index is 13.8. The van der Waals surface area contributed by atoms with E-state index in [4.69, 9.17) is 4.74 Å². The van der Waals surface area contributed by atoms with Gasteiger partial charge in [-0.25, -0.2) is 4.79 Å². The number of rotatable bonds is 9. The van der Waals surface area contributed by atoms with Crippen LogP contribution in [0.4, 0.5) is 4.79 Å². The molecule has 0 aromatic heterocycles. The minimum Gasteiger partial charge on any atom is -0.444 e. The molecule has 0 radical (unpaired) electrons. The van der Waals surface area contributed by atoms with Gasteiger partial charge >= 0.3 is 6.09 Å². The van der Waals surface area contributed by atoms with Gasteiger partial charge in [0.15, 0.2) is 6.10 Å². The highest BCUT2D eigenvalue weighted by Crippen LogP contribution is 2.40. The molecule has 0 bridgehead atoms. The zero-order valence-electron chi connectivity index (χ0n) is 26.0. The SMILES string of the molecule is CC(C)C(NC(=O)OC(C)(C)C)C(=O)N[C@@H](Cc1ccccc1)[C@H](O)C(=O)N1CSC(C)(C)C1C(=O)NC(C)(C)C. The summed E-state index contributed by atoms with van der Waals surface area (Å²) in [6.07, 6.45) is -2.24. The molecular weight excluding hydrogens is 544 g/mol. The minimum atomic E-state index is -1.65. The summed E-state index contributed by atoms with van der Waals surface area (Å²) in [7, 11) is 0. The van der Waals surface area contributed by atoms with Gasteiger partial charge in [0.05, 0.1) is 11.9 Å². The topological polar surface area (TPSA) is 137 Å². The van der Waals surface area contributed by atoms with Crippen molar-refractivity contribution in [2.75, 3.05) is 5.88 Å². The van der Waals surface area contributed by atoms with Gasteiger partial charge in [-0.1, -0.05) is 44.2 Å². The minimum absolute atomic E-state index is 0.153. The fourth-order valence-corrected chi connectivity index (χ4v) is 5.68. The van der Waals surface area contributed by atoms with Crippen LogP contribution in [-0.4, -0.2) is 79.8 Å². The van der Waals surface area contributed by atoms with Gasteiger partial charge in [0, 0.05) is 10.3 Å². The molecule has 1 aliphatic heterocycles. The van der Waals surface area contributed by atoms with Crippen molar-refractivity contribution in [1.82, 2.24) is 20.9 Å². The lowest BCUT2D eigenvalue weighted by Crippen LogP contribution is -2.61. The molecule has 230 valence electrons. The Morgan fingerprint density at radius 1 is 1.05 bits per heavy atom. The number of aliphatic hydroxyl groups excluding tert-OH is 1. The first kappa shape index (κ1) is 34.4. The molecular formula is C30H48N4O6S. The van der Waals surface area contributed by atoms with Gasteiger partial charge in [0.1, 0.15) is 17.7 Å². The van der Waals surface area contributed by atoms with Crippen molar-refractivity contribution in [3.63, 3.8) is 0 Å². The molecule has 1 aromatic rings. The van der Waals surface area contributed by atoms with Crippen LogP contribution in [0.15, 0.2) is 30.3 Å². The lowest BCUT2D eigenvalue weighted by atomic mass is 9.95. The van der Waals surface area contributed by atoms with Crippen molar-refractivity contribution >= 4 is 35.6 Å². The van der Waals surface area contributed by atoms with E-state index in [1.54, 1.807) is 34.6 Å². The molecule has 4 atom stereocenters. The predicted octanol–water partition coefficient (Wildman–Crippen LogP) is 3.22. The van der Waals surface area contributed by atoms with Crippen LogP contribution in [0.2, 0.25) is 0 Å². The standard InChI is InChI=1S/C30H48N4O6S/c1-18(2)21(32-27(39)40-29(6,7)8)24(36)31-20(16-19-14-12-11-13-15-19)22(35)26(38)34-17-41-30(9,10)23(34)25(37)33-28(3,4)5/h11-15,18,20-23,35H,16-17H2,1-10H3,(H,31,36)(H,32,39)(H,33,37)/t20-,21?,22-,23?/m0/s1. The van der Waals surface area contributed by atoms with Crippen LogP contribution in [0.3, 0.4) is 0 Å². The maximum absolute atomic E-state index is 13.8. The Bertz CT molecular complexity index is 1080. The molecule has 1 aliphatic rings. The number of nitrogens with zero attached hydrogens (tertiary/aromatic N) is 1. The van der Waals surface area contributed by atoms with Crippen LogP contribution in [0.25, 0.3) is 0 Å². The van der Waals surface area contributed by atoms with Crippen molar-refractivity contribution in [2.24, 2.45) is 5.92 Å². The smallest absolute Gasteiger partial charge is 0.408 e. The average molecular weight is 593 g/mol. The van der Waals surface area contributed by atoms with Crippen molar-refractivity contribution in [1.29, 1.82) is 0 Å². The van der Waals surface area contributed by atoms with Gasteiger partial charge < -0.3 is 30.7 Å². The number of hydrogen-bond donors (Lipinski definition) is 4. The lowest BCUT2D eigenvalue weighted by Gasteiger charge is -2.35. The molecule has 1 fully saturated rings. The number of carbonyl (C=O) groups is 4. The maximum Gasteiger partial charge on any atom is 0.408 e.